The number of aromatic nitrogens is 3. The van der Waals surface area contributed by atoms with Crippen LogP contribution in [0.25, 0.3) is 11.3 Å². The van der Waals surface area contributed by atoms with Gasteiger partial charge in [-0.1, -0.05) is 23.2 Å². The van der Waals surface area contributed by atoms with Gasteiger partial charge in [-0.25, -0.2) is 19.2 Å². The lowest BCUT2D eigenvalue weighted by Gasteiger charge is -2.41. The number of carbonyl (C=O) groups excluding carboxylic acids is 1. The van der Waals surface area contributed by atoms with Gasteiger partial charge in [-0.2, -0.15) is 4.98 Å². The van der Waals surface area contributed by atoms with Gasteiger partial charge < -0.3 is 19.4 Å². The molecule has 11 heteroatoms. The molecule has 206 valence electrons. The zero-order chi connectivity index (χ0) is 27.7. The number of benzene rings is 1. The summed E-state index contributed by atoms with van der Waals surface area (Å²) in [6.45, 7) is 9.23. The standard InChI is InChI=1S/C28H31Cl2FN6O2/c1-4-39-27(38)20-13-22(30)26(32-15-20)36-11-10-35(16-18(36)3)25-14-24(19-7-8-23(31)21(29)12-19)33-28(34-25)37-9-5-6-17(37)2/h7-8,12-15,17-18H,4-6,9-11,16H2,1-3H3/t17-,18-/m1/s1. The van der Waals surface area contributed by atoms with E-state index >= 15 is 0 Å². The summed E-state index contributed by atoms with van der Waals surface area (Å²) in [5, 5.41) is 0.466. The summed E-state index contributed by atoms with van der Waals surface area (Å²) in [4.78, 5) is 33.0. The van der Waals surface area contributed by atoms with Crippen LogP contribution in [0.1, 0.15) is 44.0 Å². The van der Waals surface area contributed by atoms with E-state index in [9.17, 15) is 9.18 Å². The second-order valence-corrected chi connectivity index (χ2v) is 10.8. The lowest BCUT2D eigenvalue weighted by atomic mass is 10.1. The number of rotatable bonds is 6. The van der Waals surface area contributed by atoms with Crippen LogP contribution in [0.4, 0.5) is 22.0 Å². The third kappa shape index (κ3) is 5.75. The second kappa shape index (κ2) is 11.5. The van der Waals surface area contributed by atoms with Crippen molar-refractivity contribution >= 4 is 46.8 Å². The van der Waals surface area contributed by atoms with E-state index in [0.717, 1.165) is 30.8 Å². The van der Waals surface area contributed by atoms with Crippen molar-refractivity contribution in [3.05, 3.63) is 58.0 Å². The molecule has 2 aromatic heterocycles. The van der Waals surface area contributed by atoms with Gasteiger partial charge in [-0.3, -0.25) is 0 Å². The highest BCUT2D eigenvalue weighted by Crippen LogP contribution is 2.33. The number of ether oxygens (including phenoxy) is 1. The van der Waals surface area contributed by atoms with E-state index in [1.54, 1.807) is 25.1 Å². The Morgan fingerprint density at radius 3 is 2.54 bits per heavy atom. The number of carbonyl (C=O) groups is 1. The van der Waals surface area contributed by atoms with Crippen molar-refractivity contribution in [1.82, 2.24) is 15.0 Å². The summed E-state index contributed by atoms with van der Waals surface area (Å²) in [5.41, 5.74) is 1.77. The van der Waals surface area contributed by atoms with E-state index in [1.807, 2.05) is 6.07 Å². The molecule has 8 nitrogen and oxygen atoms in total. The number of pyridine rings is 1. The molecule has 1 aromatic carbocycles. The molecule has 0 bridgehead atoms. The molecule has 5 rings (SSSR count). The topological polar surface area (TPSA) is 74.7 Å². The summed E-state index contributed by atoms with van der Waals surface area (Å²) in [7, 11) is 0. The molecule has 0 radical (unpaired) electrons. The van der Waals surface area contributed by atoms with Gasteiger partial charge in [0.1, 0.15) is 17.5 Å². The van der Waals surface area contributed by atoms with Crippen LogP contribution in [0.5, 0.6) is 0 Å². The van der Waals surface area contributed by atoms with Crippen molar-refractivity contribution in [3.63, 3.8) is 0 Å². The highest BCUT2D eigenvalue weighted by atomic mass is 35.5. The molecule has 0 saturated carbocycles. The Bertz CT molecular complexity index is 1380. The Balaban J connectivity index is 1.42. The fourth-order valence-corrected chi connectivity index (χ4v) is 5.65. The van der Waals surface area contributed by atoms with Crippen LogP contribution >= 0.6 is 23.2 Å². The number of esters is 1. The maximum atomic E-state index is 13.9. The molecule has 0 unspecified atom stereocenters. The predicted octanol–water partition coefficient (Wildman–Crippen LogP) is 5.87. The minimum Gasteiger partial charge on any atom is -0.462 e. The molecule has 2 aliphatic heterocycles. The zero-order valence-corrected chi connectivity index (χ0v) is 23.7. The number of anilines is 3. The first kappa shape index (κ1) is 27.4. The van der Waals surface area contributed by atoms with E-state index in [2.05, 4.69) is 33.5 Å². The Morgan fingerprint density at radius 2 is 1.87 bits per heavy atom. The van der Waals surface area contributed by atoms with Gasteiger partial charge >= 0.3 is 5.97 Å². The third-order valence-corrected chi connectivity index (χ3v) is 7.85. The van der Waals surface area contributed by atoms with Crippen LogP contribution in [-0.4, -0.2) is 65.8 Å². The van der Waals surface area contributed by atoms with E-state index in [-0.39, 0.29) is 17.7 Å². The Kier molecular flexibility index (Phi) is 8.09. The Labute approximate surface area is 237 Å². The first-order valence-electron chi connectivity index (χ1n) is 13.2. The van der Waals surface area contributed by atoms with Crippen LogP contribution in [0, 0.1) is 5.82 Å². The van der Waals surface area contributed by atoms with Crippen molar-refractivity contribution in [3.8, 4) is 11.3 Å². The van der Waals surface area contributed by atoms with Gasteiger partial charge in [0, 0.05) is 56.1 Å². The van der Waals surface area contributed by atoms with Crippen molar-refractivity contribution in [2.75, 3.05) is 47.5 Å². The molecule has 39 heavy (non-hydrogen) atoms. The summed E-state index contributed by atoms with van der Waals surface area (Å²) < 4.78 is 18.9. The van der Waals surface area contributed by atoms with Gasteiger partial charge in [-0.15, -0.1) is 0 Å². The van der Waals surface area contributed by atoms with Crippen LogP contribution < -0.4 is 14.7 Å². The van der Waals surface area contributed by atoms with Gasteiger partial charge in [0.25, 0.3) is 0 Å². The SMILES string of the molecule is CCOC(=O)c1cnc(N2CCN(c3cc(-c4ccc(F)c(Cl)c4)nc(N4CCC[C@H]4C)n3)C[C@H]2C)c(Cl)c1. The van der Waals surface area contributed by atoms with Crippen molar-refractivity contribution in [1.29, 1.82) is 0 Å². The van der Waals surface area contributed by atoms with E-state index < -0.39 is 11.8 Å². The number of halogens is 3. The molecular formula is C28H31Cl2FN6O2. The largest absolute Gasteiger partial charge is 0.462 e. The van der Waals surface area contributed by atoms with E-state index in [0.29, 0.717) is 53.7 Å². The highest BCUT2D eigenvalue weighted by Gasteiger charge is 2.30. The molecular weight excluding hydrogens is 542 g/mol. The molecule has 2 atom stereocenters. The normalized spacial score (nSPS) is 19.5. The average molecular weight is 574 g/mol. The zero-order valence-electron chi connectivity index (χ0n) is 22.2. The predicted molar refractivity (Wildman–Crippen MR) is 153 cm³/mol. The van der Waals surface area contributed by atoms with Crippen LogP contribution in [0.3, 0.4) is 0 Å². The molecule has 0 N–H and O–H groups in total. The van der Waals surface area contributed by atoms with Crippen molar-refractivity contribution in [2.24, 2.45) is 0 Å². The Hall–Kier alpha value is -3.17. The number of nitrogens with zero attached hydrogens (tertiary/aromatic N) is 6. The Morgan fingerprint density at radius 1 is 1.05 bits per heavy atom. The van der Waals surface area contributed by atoms with Crippen LogP contribution in [-0.2, 0) is 4.74 Å². The van der Waals surface area contributed by atoms with Gasteiger partial charge in [0.2, 0.25) is 5.95 Å². The molecule has 0 aliphatic carbocycles. The maximum absolute atomic E-state index is 13.9. The average Bonchev–Trinajstić information content (AvgIpc) is 3.36. The minimum atomic E-state index is -0.462. The van der Waals surface area contributed by atoms with Crippen molar-refractivity contribution < 1.29 is 13.9 Å². The summed E-state index contributed by atoms with van der Waals surface area (Å²) in [5.74, 6) is 1.20. The second-order valence-electron chi connectivity index (χ2n) is 9.96. The number of hydrogen-bond acceptors (Lipinski definition) is 8. The fourth-order valence-electron chi connectivity index (χ4n) is 5.19. The first-order chi connectivity index (χ1) is 18.7. The molecule has 0 spiro atoms. The summed E-state index contributed by atoms with van der Waals surface area (Å²) in [6, 6.07) is 8.61. The monoisotopic (exact) mass is 572 g/mol. The first-order valence-corrected chi connectivity index (χ1v) is 14.0. The van der Waals surface area contributed by atoms with Crippen LogP contribution in [0.15, 0.2) is 36.5 Å². The molecule has 2 saturated heterocycles. The molecule has 2 fully saturated rings. The molecule has 0 amide bonds. The molecule has 2 aliphatic rings. The minimum absolute atomic E-state index is 0.0596. The third-order valence-electron chi connectivity index (χ3n) is 7.28. The smallest absolute Gasteiger partial charge is 0.339 e. The summed E-state index contributed by atoms with van der Waals surface area (Å²) >= 11 is 12.7. The molecule has 3 aromatic rings. The van der Waals surface area contributed by atoms with E-state index in [4.69, 9.17) is 37.9 Å². The number of hydrogen-bond donors (Lipinski definition) is 0. The lowest BCUT2D eigenvalue weighted by Crippen LogP contribution is -2.52. The number of piperazine rings is 1. The molecule has 4 heterocycles. The maximum Gasteiger partial charge on any atom is 0.339 e. The fraction of sp³-hybridized carbons (Fsp3) is 0.429. The van der Waals surface area contributed by atoms with Gasteiger partial charge in [0.15, 0.2) is 0 Å². The summed E-state index contributed by atoms with van der Waals surface area (Å²) in [6.07, 6.45) is 3.68. The quantitative estimate of drug-likeness (QED) is 0.340. The van der Waals surface area contributed by atoms with Gasteiger partial charge in [-0.05, 0) is 57.9 Å². The highest BCUT2D eigenvalue weighted by molar-refractivity contribution is 6.33. The van der Waals surface area contributed by atoms with Crippen LogP contribution in [0.2, 0.25) is 10.0 Å². The lowest BCUT2D eigenvalue weighted by molar-refractivity contribution is 0.0526. The van der Waals surface area contributed by atoms with Crippen molar-refractivity contribution in [2.45, 2.75) is 45.7 Å². The van der Waals surface area contributed by atoms with Gasteiger partial charge in [0.05, 0.1) is 27.9 Å². The van der Waals surface area contributed by atoms with E-state index in [1.165, 1.54) is 12.3 Å².